The molecule has 0 aromatic rings. The third kappa shape index (κ3) is 14.8. The molecule has 0 aromatic heterocycles. The Kier molecular flexibility index (Phi) is 12.9. The summed E-state index contributed by atoms with van der Waals surface area (Å²) in [4.78, 5) is 34.0. The van der Waals surface area contributed by atoms with Crippen molar-refractivity contribution in [3.05, 3.63) is 12.2 Å². The Labute approximate surface area is 207 Å². The first kappa shape index (κ1) is 30.7. The van der Waals surface area contributed by atoms with Crippen LogP contribution in [-0.2, 0) is 28.0 Å². The summed E-state index contributed by atoms with van der Waals surface area (Å²) < 4.78 is 18.1. The second-order valence-corrected chi connectivity index (χ2v) is 21.7. The van der Waals surface area contributed by atoms with Crippen LogP contribution in [0.4, 0.5) is 0 Å². The first-order valence-corrected chi connectivity index (χ1v) is 20.7. The zero-order valence-electron chi connectivity index (χ0n) is 21.5. The van der Waals surface area contributed by atoms with E-state index in [4.69, 9.17) is 18.7 Å². The Morgan fingerprint density at radius 2 is 1.68 bits per heavy atom. The Bertz CT molecular complexity index is 689. The smallest absolute Gasteiger partial charge is 0.328 e. The van der Waals surface area contributed by atoms with Crippen LogP contribution in [0.25, 0.3) is 0 Å². The number of amides is 1. The molecule has 9 nitrogen and oxygen atoms in total. The number of rotatable bonds is 14. The lowest BCUT2D eigenvalue weighted by Gasteiger charge is -2.34. The molecular weight excluding hydrogens is 490 g/mol. The highest BCUT2D eigenvalue weighted by Crippen LogP contribution is 2.30. The number of esters is 1. The van der Waals surface area contributed by atoms with E-state index in [1.165, 1.54) is 0 Å². The standard InChI is InChI=1S/C22H43NO8Si3/c1-33(2,3)30-22(31-34(4,5)6)32-14-12-16-7-8-17(24)18(15-16)29-21(28)11-13-23-19(25)9-10-20(26)27/h9-10,16-18,22,24H,7-8,11-15,32H2,1-6H3,(H,23,25)(H,26,27). The average Bonchev–Trinajstić information content (AvgIpc) is 2.66. The maximum atomic E-state index is 12.2. The Morgan fingerprint density at radius 1 is 1.06 bits per heavy atom. The third-order valence-electron chi connectivity index (χ3n) is 5.18. The lowest BCUT2D eigenvalue weighted by molar-refractivity contribution is -0.159. The number of carboxylic acids is 1. The number of nitrogens with one attached hydrogen (secondary N) is 1. The van der Waals surface area contributed by atoms with Crippen molar-refractivity contribution in [3.63, 3.8) is 0 Å². The lowest BCUT2D eigenvalue weighted by atomic mass is 9.84. The van der Waals surface area contributed by atoms with Crippen LogP contribution in [0, 0.1) is 5.92 Å². The van der Waals surface area contributed by atoms with Gasteiger partial charge in [0.2, 0.25) is 5.91 Å². The van der Waals surface area contributed by atoms with E-state index in [0.717, 1.165) is 31.0 Å². The van der Waals surface area contributed by atoms with Crippen molar-refractivity contribution in [2.45, 2.75) is 95.6 Å². The predicted molar refractivity (Wildman–Crippen MR) is 138 cm³/mol. The van der Waals surface area contributed by atoms with Crippen LogP contribution in [0.3, 0.4) is 0 Å². The van der Waals surface area contributed by atoms with E-state index in [1.807, 2.05) is 0 Å². The minimum Gasteiger partial charge on any atom is -0.478 e. The molecule has 0 bridgehead atoms. The van der Waals surface area contributed by atoms with Gasteiger partial charge in [0.25, 0.3) is 0 Å². The van der Waals surface area contributed by atoms with Crippen LogP contribution in [0.15, 0.2) is 12.2 Å². The summed E-state index contributed by atoms with van der Waals surface area (Å²) in [6, 6.07) is 1.08. The van der Waals surface area contributed by atoms with Gasteiger partial charge >= 0.3 is 11.9 Å². The fourth-order valence-corrected chi connectivity index (χ4v) is 10.7. The first-order valence-electron chi connectivity index (χ1n) is 12.1. The monoisotopic (exact) mass is 533 g/mol. The van der Waals surface area contributed by atoms with Crippen LogP contribution in [-0.4, -0.2) is 78.9 Å². The highest BCUT2D eigenvalue weighted by Gasteiger charge is 2.32. The predicted octanol–water partition coefficient (Wildman–Crippen LogP) is 2.17. The van der Waals surface area contributed by atoms with Gasteiger partial charge in [0, 0.05) is 18.7 Å². The molecule has 0 radical (unpaired) electrons. The number of aliphatic hydroxyl groups excluding tert-OH is 1. The summed E-state index contributed by atoms with van der Waals surface area (Å²) in [6.07, 6.45) is 3.50. The number of ether oxygens (including phenoxy) is 1. The molecule has 0 heterocycles. The maximum Gasteiger partial charge on any atom is 0.328 e. The lowest BCUT2D eigenvalue weighted by Crippen LogP contribution is -2.43. The Balaban J connectivity index is 2.45. The number of hydrogen-bond acceptors (Lipinski definition) is 7. The highest BCUT2D eigenvalue weighted by molar-refractivity contribution is 6.71. The van der Waals surface area contributed by atoms with Crippen molar-refractivity contribution >= 4 is 44.0 Å². The van der Waals surface area contributed by atoms with Crippen LogP contribution in [0.1, 0.15) is 32.1 Å². The Morgan fingerprint density at radius 3 is 2.24 bits per heavy atom. The molecule has 34 heavy (non-hydrogen) atoms. The van der Waals surface area contributed by atoms with Crippen molar-refractivity contribution in [1.82, 2.24) is 5.32 Å². The molecule has 1 saturated carbocycles. The van der Waals surface area contributed by atoms with E-state index < -0.39 is 56.2 Å². The molecule has 3 unspecified atom stereocenters. The zero-order valence-corrected chi connectivity index (χ0v) is 24.9. The van der Waals surface area contributed by atoms with E-state index in [1.54, 1.807) is 0 Å². The van der Waals surface area contributed by atoms with Crippen molar-refractivity contribution in [2.24, 2.45) is 5.92 Å². The normalized spacial score (nSPS) is 21.9. The topological polar surface area (TPSA) is 131 Å². The van der Waals surface area contributed by atoms with Crippen molar-refractivity contribution < 1.29 is 38.2 Å². The van der Waals surface area contributed by atoms with Crippen LogP contribution in [0.2, 0.25) is 45.3 Å². The van der Waals surface area contributed by atoms with E-state index >= 15 is 0 Å². The van der Waals surface area contributed by atoms with Gasteiger partial charge in [0.1, 0.15) is 12.0 Å². The number of carboxylic acid groups (broad SMARTS) is 1. The average molecular weight is 534 g/mol. The van der Waals surface area contributed by atoms with E-state index in [2.05, 4.69) is 44.6 Å². The first-order chi connectivity index (χ1) is 15.6. The van der Waals surface area contributed by atoms with Gasteiger partial charge in [-0.1, -0.05) is 12.5 Å². The second-order valence-electron chi connectivity index (χ2n) is 10.8. The van der Waals surface area contributed by atoms with Gasteiger partial charge in [-0.2, -0.15) is 0 Å². The molecule has 1 fully saturated rings. The molecule has 3 N–H and O–H groups in total. The number of aliphatic hydroxyl groups is 1. The summed E-state index contributed by atoms with van der Waals surface area (Å²) in [7, 11) is -3.97. The van der Waals surface area contributed by atoms with E-state index in [0.29, 0.717) is 18.8 Å². The van der Waals surface area contributed by atoms with Gasteiger partial charge in [0.15, 0.2) is 16.6 Å². The van der Waals surface area contributed by atoms with Crippen LogP contribution < -0.4 is 5.32 Å². The van der Waals surface area contributed by atoms with Gasteiger partial charge in [0.05, 0.1) is 22.0 Å². The second kappa shape index (κ2) is 14.3. The fourth-order valence-electron chi connectivity index (χ4n) is 3.81. The highest BCUT2D eigenvalue weighted by atomic mass is 28.4. The van der Waals surface area contributed by atoms with Gasteiger partial charge in [-0.25, -0.2) is 4.79 Å². The molecule has 0 saturated heterocycles. The number of hydrogen-bond donors (Lipinski definition) is 3. The third-order valence-corrected chi connectivity index (χ3v) is 9.40. The zero-order chi connectivity index (χ0) is 25.9. The van der Waals surface area contributed by atoms with Gasteiger partial charge in [-0.15, -0.1) is 0 Å². The molecular formula is C22H43NO8Si3. The minimum absolute atomic E-state index is 0.0367. The van der Waals surface area contributed by atoms with Gasteiger partial charge in [-0.05, 0) is 64.5 Å². The maximum absolute atomic E-state index is 12.2. The van der Waals surface area contributed by atoms with Crippen molar-refractivity contribution in [1.29, 1.82) is 0 Å². The van der Waals surface area contributed by atoms with Crippen molar-refractivity contribution in [3.8, 4) is 0 Å². The Hall–Kier alpha value is -1.32. The van der Waals surface area contributed by atoms with Crippen molar-refractivity contribution in [2.75, 3.05) is 6.54 Å². The number of carbonyl (C=O) groups is 3. The summed E-state index contributed by atoms with van der Waals surface area (Å²) in [5.74, 6) is -1.96. The summed E-state index contributed by atoms with van der Waals surface area (Å²) in [5, 5.41) is 21.2. The fraction of sp³-hybridized carbons (Fsp3) is 0.773. The summed E-state index contributed by atoms with van der Waals surface area (Å²) >= 11 is 0. The molecule has 1 aliphatic carbocycles. The SMILES string of the molecule is C[Si](C)(C)OC(O[Si](C)(C)C)[SiH2]CCC1CCC(O)C(OC(=O)CCNC(=O)C=CC(=O)O)C1. The molecule has 1 rings (SSSR count). The largest absolute Gasteiger partial charge is 0.478 e. The number of carbonyl (C=O) groups excluding carboxylic acids is 2. The summed E-state index contributed by atoms with van der Waals surface area (Å²) in [6.45, 7) is 13.1. The van der Waals surface area contributed by atoms with E-state index in [9.17, 15) is 19.5 Å². The number of aliphatic carboxylic acids is 1. The molecule has 1 aliphatic rings. The van der Waals surface area contributed by atoms with Gasteiger partial charge < -0.3 is 29.1 Å². The molecule has 196 valence electrons. The molecule has 1 amide bonds. The molecule has 0 aromatic carbocycles. The van der Waals surface area contributed by atoms with E-state index in [-0.39, 0.29) is 18.9 Å². The molecule has 12 heteroatoms. The van der Waals surface area contributed by atoms with Crippen LogP contribution >= 0.6 is 0 Å². The van der Waals surface area contributed by atoms with Gasteiger partial charge in [-0.3, -0.25) is 9.59 Å². The molecule has 3 atom stereocenters. The summed E-state index contributed by atoms with van der Waals surface area (Å²) in [5.41, 5.74) is 0. The van der Waals surface area contributed by atoms with Crippen LogP contribution in [0.5, 0.6) is 0 Å². The molecule has 0 aliphatic heterocycles. The molecule has 0 spiro atoms. The quantitative estimate of drug-likeness (QED) is 0.134. The minimum atomic E-state index is -1.69.